The van der Waals surface area contributed by atoms with Crippen LogP contribution < -0.4 is 0 Å². The van der Waals surface area contributed by atoms with Gasteiger partial charge in [0.25, 0.3) is 5.91 Å². The first-order chi connectivity index (χ1) is 9.10. The fourth-order valence-electron chi connectivity index (χ4n) is 1.88. The molecule has 2 heterocycles. The average molecular weight is 332 g/mol. The highest BCUT2D eigenvalue weighted by Crippen LogP contribution is 2.18. The molecule has 1 amide bonds. The zero-order chi connectivity index (χ0) is 13.8. The third-order valence-electron chi connectivity index (χ3n) is 2.83. The Hall–Kier alpha value is -1.34. The number of rotatable bonds is 3. The van der Waals surface area contributed by atoms with Crippen LogP contribution in [-0.2, 0) is 14.3 Å². The molecule has 1 aromatic rings. The van der Waals surface area contributed by atoms with Gasteiger partial charge in [0.05, 0.1) is 26.2 Å². The van der Waals surface area contributed by atoms with E-state index >= 15 is 0 Å². The van der Waals surface area contributed by atoms with E-state index in [-0.39, 0.29) is 30.2 Å². The molecule has 1 aromatic heterocycles. The zero-order valence-corrected chi connectivity index (χ0v) is 12.0. The summed E-state index contributed by atoms with van der Waals surface area (Å²) in [5.41, 5.74) is 0. The Bertz CT molecular complexity index is 472. The highest BCUT2D eigenvalue weighted by atomic mass is 79.9. The second-order valence-corrected chi connectivity index (χ2v) is 4.91. The standard InChI is InChI=1S/C12H14BrNO5/c1-17-11(15)6-8-7-14(4-5-18-8)12(16)9-2-3-10(13)19-9/h2-3,8H,4-7H2,1H3. The van der Waals surface area contributed by atoms with E-state index in [2.05, 4.69) is 20.7 Å². The van der Waals surface area contributed by atoms with Crippen LogP contribution in [0.1, 0.15) is 17.0 Å². The lowest BCUT2D eigenvalue weighted by Crippen LogP contribution is -2.46. The fraction of sp³-hybridized carbons (Fsp3) is 0.500. The minimum Gasteiger partial charge on any atom is -0.469 e. The van der Waals surface area contributed by atoms with Crippen molar-refractivity contribution in [2.24, 2.45) is 0 Å². The molecule has 1 saturated heterocycles. The molecule has 19 heavy (non-hydrogen) atoms. The maximum Gasteiger partial charge on any atom is 0.308 e. The highest BCUT2D eigenvalue weighted by molar-refractivity contribution is 9.10. The quantitative estimate of drug-likeness (QED) is 0.784. The van der Waals surface area contributed by atoms with Crippen LogP contribution in [0.15, 0.2) is 21.2 Å². The van der Waals surface area contributed by atoms with E-state index in [1.54, 1.807) is 17.0 Å². The summed E-state index contributed by atoms with van der Waals surface area (Å²) in [5.74, 6) is -0.283. The predicted molar refractivity (Wildman–Crippen MR) is 68.7 cm³/mol. The van der Waals surface area contributed by atoms with Gasteiger partial charge in [0.15, 0.2) is 10.4 Å². The number of hydrogen-bond donors (Lipinski definition) is 0. The number of amides is 1. The van der Waals surface area contributed by atoms with Gasteiger partial charge in [0.2, 0.25) is 0 Å². The fourth-order valence-corrected chi connectivity index (χ4v) is 2.19. The van der Waals surface area contributed by atoms with E-state index in [1.807, 2.05) is 0 Å². The largest absolute Gasteiger partial charge is 0.469 e. The summed E-state index contributed by atoms with van der Waals surface area (Å²) in [4.78, 5) is 25.0. The van der Waals surface area contributed by atoms with Gasteiger partial charge < -0.3 is 18.8 Å². The molecule has 7 heteroatoms. The molecule has 1 fully saturated rings. The summed E-state index contributed by atoms with van der Waals surface area (Å²) in [6.45, 7) is 1.23. The Labute approximate surface area is 118 Å². The van der Waals surface area contributed by atoms with E-state index in [4.69, 9.17) is 9.15 Å². The number of ether oxygens (including phenoxy) is 2. The van der Waals surface area contributed by atoms with E-state index < -0.39 is 0 Å². The monoisotopic (exact) mass is 331 g/mol. The van der Waals surface area contributed by atoms with Crippen LogP contribution in [0.2, 0.25) is 0 Å². The van der Waals surface area contributed by atoms with E-state index in [1.165, 1.54) is 7.11 Å². The van der Waals surface area contributed by atoms with Crippen LogP contribution in [0.5, 0.6) is 0 Å². The second-order valence-electron chi connectivity index (χ2n) is 4.13. The van der Waals surface area contributed by atoms with Crippen molar-refractivity contribution in [1.29, 1.82) is 0 Å². The minimum absolute atomic E-state index is 0.141. The number of esters is 1. The van der Waals surface area contributed by atoms with Crippen molar-refractivity contribution in [3.05, 3.63) is 22.6 Å². The topological polar surface area (TPSA) is 69.0 Å². The summed E-state index contributed by atoms with van der Waals surface area (Å²) < 4.78 is 15.8. The summed E-state index contributed by atoms with van der Waals surface area (Å²) >= 11 is 3.16. The molecule has 0 bridgehead atoms. The number of hydrogen-bond acceptors (Lipinski definition) is 5. The van der Waals surface area contributed by atoms with Gasteiger partial charge in [0, 0.05) is 13.1 Å². The van der Waals surface area contributed by atoms with Crippen LogP contribution >= 0.6 is 15.9 Å². The molecular formula is C12H14BrNO5. The minimum atomic E-state index is -0.347. The Balaban J connectivity index is 1.97. The molecule has 0 N–H and O–H groups in total. The van der Waals surface area contributed by atoms with Crippen molar-refractivity contribution in [3.8, 4) is 0 Å². The number of carbonyl (C=O) groups excluding carboxylic acids is 2. The Kier molecular flexibility index (Phi) is 4.60. The third-order valence-corrected chi connectivity index (χ3v) is 3.26. The van der Waals surface area contributed by atoms with Gasteiger partial charge in [0.1, 0.15) is 0 Å². The lowest BCUT2D eigenvalue weighted by Gasteiger charge is -2.31. The molecule has 2 rings (SSSR count). The maximum absolute atomic E-state index is 12.2. The van der Waals surface area contributed by atoms with E-state index in [9.17, 15) is 9.59 Å². The van der Waals surface area contributed by atoms with Crippen molar-refractivity contribution in [2.45, 2.75) is 12.5 Å². The number of nitrogens with zero attached hydrogens (tertiary/aromatic N) is 1. The van der Waals surface area contributed by atoms with Crippen molar-refractivity contribution in [1.82, 2.24) is 4.90 Å². The predicted octanol–water partition coefficient (Wildman–Crippen LogP) is 1.45. The molecule has 0 spiro atoms. The smallest absolute Gasteiger partial charge is 0.308 e. The molecule has 1 aliphatic heterocycles. The van der Waals surface area contributed by atoms with Gasteiger partial charge in [-0.3, -0.25) is 9.59 Å². The van der Waals surface area contributed by atoms with Gasteiger partial charge in [-0.25, -0.2) is 0 Å². The first-order valence-electron chi connectivity index (χ1n) is 5.83. The Morgan fingerprint density at radius 1 is 1.53 bits per heavy atom. The summed E-state index contributed by atoms with van der Waals surface area (Å²) in [7, 11) is 1.33. The normalized spacial score (nSPS) is 19.3. The Morgan fingerprint density at radius 3 is 2.95 bits per heavy atom. The number of morpholine rings is 1. The van der Waals surface area contributed by atoms with Gasteiger partial charge in [-0.05, 0) is 28.1 Å². The average Bonchev–Trinajstić information content (AvgIpc) is 2.84. The second kappa shape index (κ2) is 6.21. The molecule has 0 aromatic carbocycles. The number of carbonyl (C=O) groups is 2. The molecular weight excluding hydrogens is 318 g/mol. The van der Waals surface area contributed by atoms with Gasteiger partial charge in [-0.2, -0.15) is 0 Å². The number of halogens is 1. The molecule has 0 saturated carbocycles. The molecule has 1 aliphatic rings. The highest BCUT2D eigenvalue weighted by Gasteiger charge is 2.28. The van der Waals surface area contributed by atoms with Crippen LogP contribution in [0, 0.1) is 0 Å². The number of methoxy groups -OCH3 is 1. The molecule has 0 radical (unpaired) electrons. The molecule has 104 valence electrons. The van der Waals surface area contributed by atoms with Crippen LogP contribution in [0.3, 0.4) is 0 Å². The lowest BCUT2D eigenvalue weighted by molar-refractivity contribution is -0.145. The summed E-state index contributed by atoms with van der Waals surface area (Å²) in [6, 6.07) is 3.27. The zero-order valence-electron chi connectivity index (χ0n) is 10.4. The first-order valence-corrected chi connectivity index (χ1v) is 6.62. The number of furan rings is 1. The van der Waals surface area contributed by atoms with Gasteiger partial charge >= 0.3 is 5.97 Å². The molecule has 6 nitrogen and oxygen atoms in total. The van der Waals surface area contributed by atoms with Crippen molar-refractivity contribution >= 4 is 27.8 Å². The summed E-state index contributed by atoms with van der Waals surface area (Å²) in [6.07, 6.45) is -0.189. The van der Waals surface area contributed by atoms with E-state index in [0.717, 1.165) is 0 Å². The third kappa shape index (κ3) is 3.57. The van der Waals surface area contributed by atoms with Gasteiger partial charge in [-0.1, -0.05) is 0 Å². The molecule has 1 atom stereocenters. The van der Waals surface area contributed by atoms with Crippen LogP contribution in [-0.4, -0.2) is 49.7 Å². The Morgan fingerprint density at radius 2 is 2.32 bits per heavy atom. The van der Waals surface area contributed by atoms with Gasteiger partial charge in [-0.15, -0.1) is 0 Å². The maximum atomic E-state index is 12.2. The van der Waals surface area contributed by atoms with Crippen molar-refractivity contribution < 1.29 is 23.5 Å². The SMILES string of the molecule is COC(=O)CC1CN(C(=O)c2ccc(Br)o2)CCO1. The van der Waals surface area contributed by atoms with E-state index in [0.29, 0.717) is 24.4 Å². The molecule has 1 unspecified atom stereocenters. The lowest BCUT2D eigenvalue weighted by atomic mass is 10.2. The molecule has 0 aliphatic carbocycles. The first kappa shape index (κ1) is 14.1. The van der Waals surface area contributed by atoms with Crippen molar-refractivity contribution in [2.75, 3.05) is 26.8 Å². The van der Waals surface area contributed by atoms with Crippen LogP contribution in [0.4, 0.5) is 0 Å². The van der Waals surface area contributed by atoms with Crippen molar-refractivity contribution in [3.63, 3.8) is 0 Å². The van der Waals surface area contributed by atoms with Crippen LogP contribution in [0.25, 0.3) is 0 Å². The summed E-state index contributed by atoms with van der Waals surface area (Å²) in [5, 5.41) is 0.